The molecule has 0 aliphatic rings. The molecule has 0 unspecified atom stereocenters. The van der Waals surface area contributed by atoms with Crippen molar-refractivity contribution in [3.05, 3.63) is 11.8 Å². The van der Waals surface area contributed by atoms with Crippen molar-refractivity contribution in [1.29, 1.82) is 0 Å². The van der Waals surface area contributed by atoms with E-state index < -0.39 is 0 Å². The Balaban J connectivity index is 3.11. The first-order valence-electron chi connectivity index (χ1n) is 7.31. The van der Waals surface area contributed by atoms with Crippen LogP contribution >= 0.6 is 0 Å². The first kappa shape index (κ1) is 15.7. The van der Waals surface area contributed by atoms with Gasteiger partial charge < -0.3 is 10.2 Å². The van der Waals surface area contributed by atoms with E-state index >= 15 is 0 Å². The zero-order valence-electron chi connectivity index (χ0n) is 13.2. The summed E-state index contributed by atoms with van der Waals surface area (Å²) in [7, 11) is 1.86. The van der Waals surface area contributed by atoms with Crippen LogP contribution in [0.4, 0.5) is 11.8 Å². The van der Waals surface area contributed by atoms with Gasteiger partial charge in [0.2, 0.25) is 5.95 Å². The summed E-state index contributed by atoms with van der Waals surface area (Å²) >= 11 is 0. The lowest BCUT2D eigenvalue weighted by Gasteiger charge is -2.33. The first-order chi connectivity index (χ1) is 9.01. The quantitative estimate of drug-likeness (QED) is 0.818. The molecule has 1 rings (SSSR count). The fourth-order valence-corrected chi connectivity index (χ4v) is 2.36. The zero-order valence-corrected chi connectivity index (χ0v) is 13.2. The van der Waals surface area contributed by atoms with Crippen LogP contribution in [0.3, 0.4) is 0 Å². The predicted octanol–water partition coefficient (Wildman–Crippen LogP) is 3.48. The lowest BCUT2D eigenvalue weighted by atomic mass is 10.1. The van der Waals surface area contributed by atoms with E-state index in [0.717, 1.165) is 30.9 Å². The highest BCUT2D eigenvalue weighted by Crippen LogP contribution is 2.21. The second kappa shape index (κ2) is 7.31. The minimum absolute atomic E-state index is 0.543. The summed E-state index contributed by atoms with van der Waals surface area (Å²) in [6.45, 7) is 12.0. The van der Waals surface area contributed by atoms with Gasteiger partial charge in [-0.05, 0) is 25.7 Å². The summed E-state index contributed by atoms with van der Waals surface area (Å²) in [5.74, 6) is 2.36. The van der Waals surface area contributed by atoms with Crippen LogP contribution in [-0.4, -0.2) is 29.6 Å². The third-order valence-corrected chi connectivity index (χ3v) is 3.30. The standard InChI is InChI=1S/C15H28N4/c1-7-13(8-2)19(10-11(3)4)14-9-12(5)17-15(16-6)18-14/h9,11,13H,7-8,10H2,1-6H3,(H,16,17,18). The van der Waals surface area contributed by atoms with Gasteiger partial charge in [0.25, 0.3) is 0 Å². The highest BCUT2D eigenvalue weighted by molar-refractivity contribution is 5.45. The van der Waals surface area contributed by atoms with E-state index in [1.54, 1.807) is 0 Å². The molecule has 1 aromatic heterocycles. The van der Waals surface area contributed by atoms with Gasteiger partial charge >= 0.3 is 0 Å². The molecule has 1 aromatic rings. The Morgan fingerprint density at radius 2 is 1.84 bits per heavy atom. The Morgan fingerprint density at radius 3 is 2.32 bits per heavy atom. The Labute approximate surface area is 117 Å². The topological polar surface area (TPSA) is 41.1 Å². The van der Waals surface area contributed by atoms with Crippen molar-refractivity contribution in [3.8, 4) is 0 Å². The van der Waals surface area contributed by atoms with Gasteiger partial charge in [0, 0.05) is 31.4 Å². The number of rotatable bonds is 7. The monoisotopic (exact) mass is 264 g/mol. The van der Waals surface area contributed by atoms with Crippen molar-refractivity contribution in [3.63, 3.8) is 0 Å². The number of anilines is 2. The van der Waals surface area contributed by atoms with E-state index in [1.165, 1.54) is 0 Å². The molecule has 0 saturated heterocycles. The van der Waals surface area contributed by atoms with Crippen LogP contribution in [0.15, 0.2) is 6.07 Å². The van der Waals surface area contributed by atoms with Crippen LogP contribution in [0.1, 0.15) is 46.2 Å². The van der Waals surface area contributed by atoms with Crippen molar-refractivity contribution in [2.75, 3.05) is 23.8 Å². The maximum absolute atomic E-state index is 4.63. The average molecular weight is 264 g/mol. The molecule has 1 heterocycles. The van der Waals surface area contributed by atoms with Crippen molar-refractivity contribution in [2.45, 2.75) is 53.5 Å². The van der Waals surface area contributed by atoms with E-state index in [1.807, 2.05) is 14.0 Å². The molecular weight excluding hydrogens is 236 g/mol. The van der Waals surface area contributed by atoms with E-state index in [-0.39, 0.29) is 0 Å². The molecule has 0 fully saturated rings. The second-order valence-corrected chi connectivity index (χ2v) is 5.46. The molecule has 1 N–H and O–H groups in total. The number of nitrogens with one attached hydrogen (secondary N) is 1. The molecule has 0 atom stereocenters. The van der Waals surface area contributed by atoms with Crippen molar-refractivity contribution >= 4 is 11.8 Å². The van der Waals surface area contributed by atoms with Gasteiger partial charge in [0.1, 0.15) is 5.82 Å². The highest BCUT2D eigenvalue weighted by Gasteiger charge is 2.19. The summed E-state index contributed by atoms with van der Waals surface area (Å²) < 4.78 is 0. The molecule has 0 bridgehead atoms. The first-order valence-corrected chi connectivity index (χ1v) is 7.31. The lowest BCUT2D eigenvalue weighted by Crippen LogP contribution is -2.38. The molecule has 4 heteroatoms. The number of hydrogen-bond acceptors (Lipinski definition) is 4. The minimum Gasteiger partial charge on any atom is -0.357 e. The molecule has 0 aliphatic heterocycles. The fourth-order valence-electron chi connectivity index (χ4n) is 2.36. The molecule has 108 valence electrons. The van der Waals surface area contributed by atoms with Crippen LogP contribution in [-0.2, 0) is 0 Å². The van der Waals surface area contributed by atoms with Gasteiger partial charge in [-0.15, -0.1) is 0 Å². The van der Waals surface area contributed by atoms with Gasteiger partial charge in [-0.1, -0.05) is 27.7 Å². The summed E-state index contributed by atoms with van der Waals surface area (Å²) in [6, 6.07) is 2.63. The summed E-state index contributed by atoms with van der Waals surface area (Å²) in [5.41, 5.74) is 1.01. The second-order valence-electron chi connectivity index (χ2n) is 5.46. The van der Waals surface area contributed by atoms with Crippen LogP contribution in [0.5, 0.6) is 0 Å². The van der Waals surface area contributed by atoms with Crippen LogP contribution < -0.4 is 10.2 Å². The normalized spacial score (nSPS) is 11.2. The zero-order chi connectivity index (χ0) is 14.4. The Kier molecular flexibility index (Phi) is 6.06. The number of hydrogen-bond donors (Lipinski definition) is 1. The summed E-state index contributed by atoms with van der Waals surface area (Å²) in [5, 5.41) is 3.04. The van der Waals surface area contributed by atoms with Crippen LogP contribution in [0.25, 0.3) is 0 Å². The summed E-state index contributed by atoms with van der Waals surface area (Å²) in [6.07, 6.45) is 2.28. The van der Waals surface area contributed by atoms with Crippen LogP contribution in [0, 0.1) is 12.8 Å². The summed E-state index contributed by atoms with van der Waals surface area (Å²) in [4.78, 5) is 11.4. The Hall–Kier alpha value is -1.32. The molecule has 0 spiro atoms. The lowest BCUT2D eigenvalue weighted by molar-refractivity contribution is 0.503. The van der Waals surface area contributed by atoms with Crippen LogP contribution in [0.2, 0.25) is 0 Å². The maximum atomic E-state index is 4.63. The van der Waals surface area contributed by atoms with Gasteiger partial charge in [0.05, 0.1) is 0 Å². The fraction of sp³-hybridized carbons (Fsp3) is 0.733. The van der Waals surface area contributed by atoms with E-state index in [9.17, 15) is 0 Å². The van der Waals surface area contributed by atoms with Crippen molar-refractivity contribution < 1.29 is 0 Å². The molecular formula is C15H28N4. The van der Waals surface area contributed by atoms with Gasteiger partial charge in [-0.25, -0.2) is 4.98 Å². The van der Waals surface area contributed by atoms with Gasteiger partial charge in [0.15, 0.2) is 0 Å². The molecule has 0 saturated carbocycles. The molecule has 0 aliphatic carbocycles. The predicted molar refractivity (Wildman–Crippen MR) is 82.9 cm³/mol. The number of aryl methyl sites for hydroxylation is 1. The molecule has 0 amide bonds. The SMILES string of the molecule is CCC(CC)N(CC(C)C)c1cc(C)nc(NC)n1. The number of nitrogens with zero attached hydrogens (tertiary/aromatic N) is 3. The Morgan fingerprint density at radius 1 is 1.21 bits per heavy atom. The smallest absolute Gasteiger partial charge is 0.224 e. The largest absolute Gasteiger partial charge is 0.357 e. The van der Waals surface area contributed by atoms with E-state index in [2.05, 4.69) is 53.9 Å². The van der Waals surface area contributed by atoms with Crippen molar-refractivity contribution in [2.24, 2.45) is 5.92 Å². The van der Waals surface area contributed by atoms with Crippen molar-refractivity contribution in [1.82, 2.24) is 9.97 Å². The highest BCUT2D eigenvalue weighted by atomic mass is 15.2. The third-order valence-electron chi connectivity index (χ3n) is 3.30. The van der Waals surface area contributed by atoms with Gasteiger partial charge in [-0.2, -0.15) is 4.98 Å². The van der Waals surface area contributed by atoms with Gasteiger partial charge in [-0.3, -0.25) is 0 Å². The maximum Gasteiger partial charge on any atom is 0.224 e. The molecule has 4 nitrogen and oxygen atoms in total. The third kappa shape index (κ3) is 4.37. The molecule has 0 aromatic carbocycles. The molecule has 0 radical (unpaired) electrons. The number of aromatic nitrogens is 2. The molecule has 19 heavy (non-hydrogen) atoms. The Bertz CT molecular complexity index is 386. The van der Waals surface area contributed by atoms with E-state index in [4.69, 9.17) is 0 Å². The average Bonchev–Trinajstić information content (AvgIpc) is 2.37. The van der Waals surface area contributed by atoms with E-state index in [0.29, 0.717) is 17.9 Å². The minimum atomic E-state index is 0.543.